The molecule has 5 rings (SSSR count). The van der Waals surface area contributed by atoms with E-state index in [9.17, 15) is 13.2 Å². The molecule has 0 fully saturated rings. The molecule has 0 amide bonds. The number of aromatic nitrogens is 3. The van der Waals surface area contributed by atoms with Crippen LogP contribution in [0.25, 0.3) is 33.9 Å². The Labute approximate surface area is 213 Å². The van der Waals surface area contributed by atoms with Gasteiger partial charge in [0.05, 0.1) is 17.9 Å². The van der Waals surface area contributed by atoms with Gasteiger partial charge in [0.25, 0.3) is 0 Å². The molecule has 3 aromatic rings. The second-order valence-electron chi connectivity index (χ2n) is 8.93. The van der Waals surface area contributed by atoms with Crippen molar-refractivity contribution >= 4 is 0 Å². The summed E-state index contributed by atoms with van der Waals surface area (Å²) >= 11 is 0. The average Bonchev–Trinajstić information content (AvgIpc) is 3.32. The molecular formula is C30H26F3N3O. The molecule has 0 aliphatic carbocycles. The standard InChI is InChI=1S/C30H26F3N3O/c1-2-3-4-16-37-28-17-22(31)12-13-23(28)21-10-8-20(9-11-21)18-36-15-14-26-27(19-36)35-30(34-26)24-6-5-7-25(32)29(24)33/h5-15,17,19H,2-4,16,18H2,1H3. The first-order valence-electron chi connectivity index (χ1n) is 12.3. The molecule has 3 aromatic carbocycles. The van der Waals surface area contributed by atoms with Gasteiger partial charge in [-0.2, -0.15) is 0 Å². The van der Waals surface area contributed by atoms with Crippen LogP contribution in [0.4, 0.5) is 13.2 Å². The zero-order valence-corrected chi connectivity index (χ0v) is 20.4. The van der Waals surface area contributed by atoms with Gasteiger partial charge in [0.15, 0.2) is 17.5 Å². The fraction of sp³-hybridized carbons (Fsp3) is 0.200. The highest BCUT2D eigenvalue weighted by Crippen LogP contribution is 2.32. The van der Waals surface area contributed by atoms with Crippen molar-refractivity contribution in [3.63, 3.8) is 0 Å². The third-order valence-electron chi connectivity index (χ3n) is 6.20. The van der Waals surface area contributed by atoms with Crippen LogP contribution in [0.2, 0.25) is 0 Å². The average molecular weight is 502 g/mol. The van der Waals surface area contributed by atoms with Gasteiger partial charge in [0.1, 0.15) is 17.3 Å². The van der Waals surface area contributed by atoms with E-state index in [1.54, 1.807) is 12.1 Å². The predicted octanol–water partition coefficient (Wildman–Crippen LogP) is 7.75. The van der Waals surface area contributed by atoms with Gasteiger partial charge in [0.2, 0.25) is 0 Å². The number of rotatable bonds is 9. The van der Waals surface area contributed by atoms with Crippen molar-refractivity contribution < 1.29 is 17.9 Å². The molecule has 0 aromatic heterocycles. The monoisotopic (exact) mass is 501 g/mol. The van der Waals surface area contributed by atoms with E-state index < -0.39 is 11.6 Å². The van der Waals surface area contributed by atoms with Crippen LogP contribution < -0.4 is 4.74 Å². The van der Waals surface area contributed by atoms with E-state index in [4.69, 9.17) is 4.74 Å². The number of fused-ring (bicyclic) bond motifs is 1. The number of pyridine rings is 1. The summed E-state index contributed by atoms with van der Waals surface area (Å²) in [5, 5.41) is 0. The van der Waals surface area contributed by atoms with Gasteiger partial charge in [-0.25, -0.2) is 23.1 Å². The van der Waals surface area contributed by atoms with Gasteiger partial charge < -0.3 is 9.30 Å². The number of halogens is 3. The normalized spacial score (nSPS) is 11.2. The summed E-state index contributed by atoms with van der Waals surface area (Å²) in [7, 11) is 0. The number of ether oxygens (including phenoxy) is 1. The van der Waals surface area contributed by atoms with Crippen molar-refractivity contribution in [2.75, 3.05) is 6.61 Å². The van der Waals surface area contributed by atoms with Crippen molar-refractivity contribution in [3.05, 3.63) is 102 Å². The fourth-order valence-electron chi connectivity index (χ4n) is 4.24. The van der Waals surface area contributed by atoms with Crippen LogP contribution in [0.1, 0.15) is 31.7 Å². The number of imidazole rings is 1. The van der Waals surface area contributed by atoms with Crippen LogP contribution >= 0.6 is 0 Å². The van der Waals surface area contributed by atoms with Crippen molar-refractivity contribution in [2.45, 2.75) is 32.7 Å². The maximum Gasteiger partial charge on any atom is 0.169 e. The van der Waals surface area contributed by atoms with Crippen LogP contribution in [0.15, 0.2) is 79.1 Å². The van der Waals surface area contributed by atoms with Gasteiger partial charge in [0, 0.05) is 30.6 Å². The van der Waals surface area contributed by atoms with Gasteiger partial charge in [-0.3, -0.25) is 0 Å². The summed E-state index contributed by atoms with van der Waals surface area (Å²) in [6, 6.07) is 18.4. The van der Waals surface area contributed by atoms with E-state index in [0.29, 0.717) is 30.3 Å². The van der Waals surface area contributed by atoms with Gasteiger partial charge >= 0.3 is 0 Å². The van der Waals surface area contributed by atoms with E-state index in [2.05, 4.69) is 16.9 Å². The first-order valence-corrected chi connectivity index (χ1v) is 12.3. The summed E-state index contributed by atoms with van der Waals surface area (Å²) in [5.74, 6) is -1.51. The first-order chi connectivity index (χ1) is 18.0. The van der Waals surface area contributed by atoms with Crippen LogP contribution in [-0.4, -0.2) is 21.1 Å². The largest absolute Gasteiger partial charge is 0.493 e. The lowest BCUT2D eigenvalue weighted by atomic mass is 10.0. The molecule has 2 aliphatic rings. The minimum Gasteiger partial charge on any atom is -0.493 e. The SMILES string of the molecule is CCCCCOc1cc(F)ccc1-c1ccc(Cn2ccc3nc(-c4cccc(F)c4F)nc-3c2)cc1. The Morgan fingerprint density at radius 2 is 1.65 bits per heavy atom. The summed E-state index contributed by atoms with van der Waals surface area (Å²) in [6.45, 7) is 3.26. The second kappa shape index (κ2) is 10.9. The van der Waals surface area contributed by atoms with Gasteiger partial charge in [-0.1, -0.05) is 50.1 Å². The van der Waals surface area contributed by atoms with Crippen molar-refractivity contribution in [3.8, 4) is 39.7 Å². The maximum absolute atomic E-state index is 14.2. The maximum atomic E-state index is 14.2. The molecule has 37 heavy (non-hydrogen) atoms. The van der Waals surface area contributed by atoms with Crippen LogP contribution in [0.5, 0.6) is 5.75 Å². The summed E-state index contributed by atoms with van der Waals surface area (Å²) in [5.41, 5.74) is 4.08. The lowest BCUT2D eigenvalue weighted by molar-refractivity contribution is 0.306. The quantitative estimate of drug-likeness (QED) is 0.194. The van der Waals surface area contributed by atoms with Crippen LogP contribution in [-0.2, 0) is 6.54 Å². The van der Waals surface area contributed by atoms with E-state index in [0.717, 1.165) is 42.0 Å². The molecule has 188 valence electrons. The molecule has 7 heteroatoms. The van der Waals surface area contributed by atoms with Crippen molar-refractivity contribution in [1.82, 2.24) is 14.5 Å². The third kappa shape index (κ3) is 5.50. The molecule has 0 saturated carbocycles. The molecule has 2 aliphatic heterocycles. The van der Waals surface area contributed by atoms with Gasteiger partial charge in [-0.05, 0) is 47.9 Å². The van der Waals surface area contributed by atoms with Crippen LogP contribution in [0.3, 0.4) is 0 Å². The molecular weight excluding hydrogens is 475 g/mol. The van der Waals surface area contributed by atoms with Crippen molar-refractivity contribution in [2.24, 2.45) is 0 Å². The molecule has 0 N–H and O–H groups in total. The molecule has 0 radical (unpaired) electrons. The van der Waals surface area contributed by atoms with E-state index >= 15 is 0 Å². The number of hydrogen-bond acceptors (Lipinski definition) is 3. The topological polar surface area (TPSA) is 39.9 Å². The second-order valence-corrected chi connectivity index (χ2v) is 8.93. The van der Waals surface area contributed by atoms with E-state index in [-0.39, 0.29) is 17.2 Å². The molecule has 0 unspecified atom stereocenters. The third-order valence-corrected chi connectivity index (χ3v) is 6.20. The van der Waals surface area contributed by atoms with Crippen molar-refractivity contribution in [1.29, 1.82) is 0 Å². The van der Waals surface area contributed by atoms with Gasteiger partial charge in [-0.15, -0.1) is 0 Å². The number of hydrogen-bond donors (Lipinski definition) is 0. The Kier molecular flexibility index (Phi) is 7.21. The predicted molar refractivity (Wildman–Crippen MR) is 138 cm³/mol. The lowest BCUT2D eigenvalue weighted by Crippen LogP contribution is -2.01. The van der Waals surface area contributed by atoms with E-state index in [1.165, 1.54) is 24.3 Å². The summed E-state index contributed by atoms with van der Waals surface area (Å²) < 4.78 is 49.5. The Morgan fingerprint density at radius 1 is 0.838 bits per heavy atom. The fourth-order valence-corrected chi connectivity index (χ4v) is 4.24. The lowest BCUT2D eigenvalue weighted by Gasteiger charge is -2.13. The van der Waals surface area contributed by atoms with Crippen LogP contribution in [0, 0.1) is 17.5 Å². The highest BCUT2D eigenvalue weighted by atomic mass is 19.2. The first kappa shape index (κ1) is 24.6. The zero-order chi connectivity index (χ0) is 25.8. The molecule has 0 saturated heterocycles. The Balaban J connectivity index is 1.34. The number of unbranched alkanes of at least 4 members (excludes halogenated alkanes) is 2. The zero-order valence-electron chi connectivity index (χ0n) is 20.4. The minimum atomic E-state index is -0.957. The summed E-state index contributed by atoms with van der Waals surface area (Å²) in [6.07, 6.45) is 6.80. The Hall–Kier alpha value is -4.13. The highest BCUT2D eigenvalue weighted by molar-refractivity contribution is 5.71. The molecule has 4 nitrogen and oxygen atoms in total. The Bertz CT molecular complexity index is 1480. The Morgan fingerprint density at radius 3 is 2.46 bits per heavy atom. The van der Waals surface area contributed by atoms with E-state index in [1.807, 2.05) is 41.2 Å². The minimum absolute atomic E-state index is 0.0350. The molecule has 0 spiro atoms. The number of nitrogens with zero attached hydrogens (tertiary/aromatic N) is 3. The molecule has 0 bridgehead atoms. The summed E-state index contributed by atoms with van der Waals surface area (Å²) in [4.78, 5) is 8.77. The highest BCUT2D eigenvalue weighted by Gasteiger charge is 2.17. The number of benzene rings is 3. The smallest absolute Gasteiger partial charge is 0.169 e. The molecule has 0 atom stereocenters. The molecule has 2 heterocycles.